The van der Waals surface area contributed by atoms with E-state index in [0.29, 0.717) is 0 Å². The normalized spacial score (nSPS) is 31.7. The lowest BCUT2D eigenvalue weighted by molar-refractivity contribution is 0.243. The number of aliphatic hydroxyl groups excluding tert-OH is 1. The minimum Gasteiger partial charge on any atom is -0.394 e. The molecule has 5 heteroatoms. The maximum absolute atomic E-state index is 10.8. The molecule has 1 saturated heterocycles. The van der Waals surface area contributed by atoms with E-state index in [-0.39, 0.29) is 6.61 Å². The van der Waals surface area contributed by atoms with E-state index in [1.54, 1.807) is 0 Å². The first-order valence-corrected chi connectivity index (χ1v) is 4.35. The van der Waals surface area contributed by atoms with E-state index in [9.17, 15) is 8.42 Å². The highest BCUT2D eigenvalue weighted by atomic mass is 32.2. The van der Waals surface area contributed by atoms with Crippen LogP contribution in [0.15, 0.2) is 12.0 Å². The van der Waals surface area contributed by atoms with Crippen molar-refractivity contribution in [3.63, 3.8) is 0 Å². The molecule has 1 rings (SSSR count). The van der Waals surface area contributed by atoms with Crippen LogP contribution >= 0.6 is 0 Å². The van der Waals surface area contributed by atoms with Crippen molar-refractivity contribution in [1.82, 2.24) is 0 Å². The fourth-order valence-electron chi connectivity index (χ4n) is 0.640. The van der Waals surface area contributed by atoms with Gasteiger partial charge in [-0.25, -0.2) is 8.42 Å². The minimum atomic E-state index is -3.30. The van der Waals surface area contributed by atoms with Gasteiger partial charge >= 0.3 is 0 Å². The molecule has 2 unspecified atom stereocenters. The van der Waals surface area contributed by atoms with Gasteiger partial charge in [0.05, 0.1) is 6.61 Å². The molecule has 2 atom stereocenters. The molecular weight excluding hydrogens is 156 g/mol. The van der Waals surface area contributed by atoms with E-state index in [0.717, 1.165) is 5.41 Å². The highest BCUT2D eigenvalue weighted by Gasteiger charge is 2.47. The van der Waals surface area contributed by atoms with Gasteiger partial charge < -0.3 is 9.84 Å². The number of hydrogen-bond acceptors (Lipinski definition) is 4. The van der Waals surface area contributed by atoms with Crippen LogP contribution in [0.5, 0.6) is 0 Å². The van der Waals surface area contributed by atoms with Crippen LogP contribution in [0.4, 0.5) is 0 Å². The summed E-state index contributed by atoms with van der Waals surface area (Å²) in [7, 11) is -3.30. The van der Waals surface area contributed by atoms with Crippen molar-refractivity contribution in [2.75, 3.05) is 6.61 Å². The van der Waals surface area contributed by atoms with Crippen LogP contribution in [0.2, 0.25) is 0 Å². The maximum Gasteiger partial charge on any atom is 0.200 e. The van der Waals surface area contributed by atoms with E-state index >= 15 is 0 Å². The van der Waals surface area contributed by atoms with Crippen molar-refractivity contribution in [2.24, 2.45) is 0 Å². The summed E-state index contributed by atoms with van der Waals surface area (Å²) < 4.78 is 26.2. The highest BCUT2D eigenvalue weighted by Crippen LogP contribution is 2.27. The summed E-state index contributed by atoms with van der Waals surface area (Å²) in [5.74, 6) is 0. The molecule has 0 bridgehead atoms. The Hall–Kier alpha value is -0.390. The van der Waals surface area contributed by atoms with Gasteiger partial charge in [0.1, 0.15) is 6.10 Å². The summed E-state index contributed by atoms with van der Waals surface area (Å²) in [4.78, 5) is 0. The second kappa shape index (κ2) is 2.34. The Balaban J connectivity index is 2.63. The van der Waals surface area contributed by atoms with Crippen molar-refractivity contribution < 1.29 is 18.3 Å². The van der Waals surface area contributed by atoms with Gasteiger partial charge in [0, 0.05) is 5.41 Å². The van der Waals surface area contributed by atoms with E-state index in [2.05, 4.69) is 11.3 Å². The molecule has 0 spiro atoms. The van der Waals surface area contributed by atoms with Crippen LogP contribution in [0.1, 0.15) is 0 Å². The van der Waals surface area contributed by atoms with Crippen LogP contribution in [-0.2, 0) is 14.6 Å². The summed E-state index contributed by atoms with van der Waals surface area (Å²) in [5, 5.41) is 9.25. The highest BCUT2D eigenvalue weighted by molar-refractivity contribution is 7.95. The standard InChI is InChI=1S/C5H8O4S/c1-2-10(7,8)5-4(3-6)9-5/h2,4-6H,1,3H2. The third-order valence-electron chi connectivity index (χ3n) is 1.27. The summed E-state index contributed by atoms with van der Waals surface area (Å²) in [6.07, 6.45) is -0.539. The number of ether oxygens (including phenoxy) is 1. The van der Waals surface area contributed by atoms with Crippen molar-refractivity contribution in [1.29, 1.82) is 0 Å². The fourth-order valence-corrected chi connectivity index (χ4v) is 1.64. The second-order valence-corrected chi connectivity index (χ2v) is 3.96. The Morgan fingerprint density at radius 1 is 1.70 bits per heavy atom. The van der Waals surface area contributed by atoms with Gasteiger partial charge in [-0.2, -0.15) is 0 Å². The molecule has 0 aromatic heterocycles. The van der Waals surface area contributed by atoms with Crippen LogP contribution < -0.4 is 0 Å². The molecule has 0 aromatic carbocycles. The molecule has 1 aliphatic rings. The van der Waals surface area contributed by atoms with Gasteiger partial charge in [0.2, 0.25) is 9.84 Å². The van der Waals surface area contributed by atoms with Gasteiger partial charge in [-0.3, -0.25) is 0 Å². The molecule has 4 nitrogen and oxygen atoms in total. The van der Waals surface area contributed by atoms with Gasteiger partial charge in [0.25, 0.3) is 0 Å². The van der Waals surface area contributed by atoms with Gasteiger partial charge in [0.15, 0.2) is 5.44 Å². The van der Waals surface area contributed by atoms with Crippen molar-refractivity contribution in [3.8, 4) is 0 Å². The number of rotatable bonds is 3. The molecule has 1 aliphatic heterocycles. The Labute approximate surface area is 59.0 Å². The molecule has 0 saturated carbocycles. The monoisotopic (exact) mass is 164 g/mol. The minimum absolute atomic E-state index is 0.252. The number of epoxide rings is 1. The first kappa shape index (κ1) is 7.71. The summed E-state index contributed by atoms with van der Waals surface area (Å²) >= 11 is 0. The van der Waals surface area contributed by atoms with Crippen molar-refractivity contribution in [3.05, 3.63) is 12.0 Å². The van der Waals surface area contributed by atoms with E-state index in [1.165, 1.54) is 0 Å². The molecule has 0 aromatic rings. The van der Waals surface area contributed by atoms with Gasteiger partial charge in [-0.05, 0) is 0 Å². The van der Waals surface area contributed by atoms with E-state index in [4.69, 9.17) is 5.11 Å². The average molecular weight is 164 g/mol. The predicted molar refractivity (Wildman–Crippen MR) is 34.9 cm³/mol. The molecule has 58 valence electrons. The number of aliphatic hydroxyl groups is 1. The molecule has 1 fully saturated rings. The molecule has 0 aliphatic carbocycles. The molecule has 1 N–H and O–H groups in total. The van der Waals surface area contributed by atoms with Crippen LogP contribution in [-0.4, -0.2) is 31.7 Å². The maximum atomic E-state index is 10.8. The SMILES string of the molecule is C=CS(=O)(=O)C1OC1CO. The molecule has 0 amide bonds. The molecular formula is C5H8O4S. The number of hydrogen-bond donors (Lipinski definition) is 1. The van der Waals surface area contributed by atoms with E-state index < -0.39 is 21.4 Å². The van der Waals surface area contributed by atoms with Crippen molar-refractivity contribution >= 4 is 9.84 Å². The third kappa shape index (κ3) is 1.21. The number of sulfone groups is 1. The predicted octanol–water partition coefficient (Wildman–Crippen LogP) is -0.738. The van der Waals surface area contributed by atoms with Crippen LogP contribution in [0, 0.1) is 0 Å². The lowest BCUT2D eigenvalue weighted by atomic mass is 10.5. The third-order valence-corrected chi connectivity index (χ3v) is 2.80. The zero-order valence-corrected chi connectivity index (χ0v) is 6.04. The Morgan fingerprint density at radius 2 is 2.30 bits per heavy atom. The summed E-state index contributed by atoms with van der Waals surface area (Å²) in [5.41, 5.74) is -0.852. The largest absolute Gasteiger partial charge is 0.394 e. The fraction of sp³-hybridized carbons (Fsp3) is 0.600. The summed E-state index contributed by atoms with van der Waals surface area (Å²) in [6.45, 7) is 2.86. The first-order valence-electron chi connectivity index (χ1n) is 2.74. The summed E-state index contributed by atoms with van der Waals surface area (Å²) in [6, 6.07) is 0. The lowest BCUT2D eigenvalue weighted by Crippen LogP contribution is -2.09. The zero-order valence-electron chi connectivity index (χ0n) is 5.23. The van der Waals surface area contributed by atoms with Crippen LogP contribution in [0.3, 0.4) is 0 Å². The second-order valence-electron chi connectivity index (χ2n) is 1.98. The van der Waals surface area contributed by atoms with Crippen LogP contribution in [0.25, 0.3) is 0 Å². The average Bonchev–Trinajstić information content (AvgIpc) is 2.66. The van der Waals surface area contributed by atoms with E-state index in [1.807, 2.05) is 0 Å². The van der Waals surface area contributed by atoms with Crippen molar-refractivity contribution in [2.45, 2.75) is 11.5 Å². The molecule has 1 heterocycles. The Morgan fingerprint density at radius 3 is 2.60 bits per heavy atom. The topological polar surface area (TPSA) is 66.9 Å². The lowest BCUT2D eigenvalue weighted by Gasteiger charge is -1.87. The quantitative estimate of drug-likeness (QED) is 0.558. The Bertz CT molecular complexity index is 230. The first-order chi connectivity index (χ1) is 4.61. The zero-order chi connectivity index (χ0) is 7.78. The molecule has 10 heavy (non-hydrogen) atoms. The molecule has 0 radical (unpaired) electrons. The van der Waals surface area contributed by atoms with Gasteiger partial charge in [-0.15, -0.1) is 0 Å². The smallest absolute Gasteiger partial charge is 0.200 e. The van der Waals surface area contributed by atoms with Gasteiger partial charge in [-0.1, -0.05) is 6.58 Å². The Kier molecular flexibility index (Phi) is 1.80.